The van der Waals surface area contributed by atoms with E-state index in [1.165, 1.54) is 12.1 Å². The van der Waals surface area contributed by atoms with E-state index in [1.54, 1.807) is 17.4 Å². The topological polar surface area (TPSA) is 115 Å². The molecule has 1 saturated heterocycles. The molecule has 22 heavy (non-hydrogen) atoms. The third kappa shape index (κ3) is 5.01. The Morgan fingerprint density at radius 2 is 2.32 bits per heavy atom. The number of carboxylic acid groups (broad SMARTS) is 1. The highest BCUT2D eigenvalue weighted by Gasteiger charge is 2.23. The molecule has 4 N–H and O–H groups in total. The van der Waals surface area contributed by atoms with Crippen LogP contribution in [-0.4, -0.2) is 42.3 Å². The molecule has 7 nitrogen and oxygen atoms in total. The van der Waals surface area contributed by atoms with Crippen LogP contribution < -0.4 is 15.7 Å². The van der Waals surface area contributed by atoms with E-state index in [0.717, 1.165) is 12.8 Å². The van der Waals surface area contributed by atoms with Crippen LogP contribution in [-0.2, 0) is 14.3 Å². The lowest BCUT2D eigenvalue weighted by atomic mass is 10.1. The van der Waals surface area contributed by atoms with Crippen LogP contribution in [0.15, 0.2) is 24.3 Å². The van der Waals surface area contributed by atoms with Crippen molar-refractivity contribution in [2.45, 2.75) is 31.4 Å². The van der Waals surface area contributed by atoms with Crippen molar-refractivity contribution in [3.8, 4) is 5.75 Å². The highest BCUT2D eigenvalue weighted by atomic mass is 16.5. The number of carbonyl (C=O) groups excluding carboxylic acids is 2. The van der Waals surface area contributed by atoms with Crippen molar-refractivity contribution in [2.24, 2.45) is 0 Å². The van der Waals surface area contributed by atoms with Crippen LogP contribution in [0.25, 0.3) is 0 Å². The van der Waals surface area contributed by atoms with E-state index in [0.29, 0.717) is 18.8 Å². The van der Waals surface area contributed by atoms with Gasteiger partial charge in [0, 0.05) is 18.4 Å². The summed E-state index contributed by atoms with van der Waals surface area (Å²) in [4.78, 5) is 23.0. The maximum atomic E-state index is 11.9. The first kappa shape index (κ1) is 16.3. The third-order valence-corrected chi connectivity index (χ3v) is 3.55. The average Bonchev–Trinajstić information content (AvgIpc) is 2.96. The van der Waals surface area contributed by atoms with Gasteiger partial charge in [-0.2, -0.15) is 0 Å². The van der Waals surface area contributed by atoms with Gasteiger partial charge < -0.3 is 30.4 Å². The predicted molar refractivity (Wildman–Crippen MR) is 75.9 cm³/mol. The normalized spacial score (nSPS) is 18.8. The highest BCUT2D eigenvalue weighted by Crippen LogP contribution is 2.15. The summed E-state index contributed by atoms with van der Waals surface area (Å²) in [6.07, 6.45) is 1.72. The SMILES string of the molecule is O=C(C[C@@H]([NH2+]C[C@H]1CCCO1)C(=O)[O-])Nc1cccc(O)c1. The van der Waals surface area contributed by atoms with Crippen LogP contribution in [0.2, 0.25) is 0 Å². The number of carboxylic acids is 1. The number of anilines is 1. The number of phenolic OH excluding ortho intramolecular Hbond substituents is 1. The summed E-state index contributed by atoms with van der Waals surface area (Å²) in [5.74, 6) is -1.69. The van der Waals surface area contributed by atoms with Gasteiger partial charge in [0.2, 0.25) is 5.91 Å². The molecular formula is C15H20N2O5. The number of nitrogens with one attached hydrogen (secondary N) is 1. The van der Waals surface area contributed by atoms with E-state index in [4.69, 9.17) is 4.74 Å². The zero-order valence-electron chi connectivity index (χ0n) is 12.2. The molecule has 1 aromatic carbocycles. The minimum atomic E-state index is -1.27. The molecule has 2 rings (SSSR count). The van der Waals surface area contributed by atoms with Gasteiger partial charge in [0.25, 0.3) is 0 Å². The number of ether oxygens (including phenoxy) is 1. The van der Waals surface area contributed by atoms with Crippen molar-refractivity contribution in [2.75, 3.05) is 18.5 Å². The first-order chi connectivity index (χ1) is 10.5. The quantitative estimate of drug-likeness (QED) is 0.572. The van der Waals surface area contributed by atoms with Crippen molar-refractivity contribution < 1.29 is 29.9 Å². The van der Waals surface area contributed by atoms with Crippen LogP contribution >= 0.6 is 0 Å². The maximum absolute atomic E-state index is 11.9. The first-order valence-electron chi connectivity index (χ1n) is 7.29. The molecule has 2 atom stereocenters. The average molecular weight is 308 g/mol. The number of aromatic hydroxyl groups is 1. The summed E-state index contributed by atoms with van der Waals surface area (Å²) >= 11 is 0. The summed E-state index contributed by atoms with van der Waals surface area (Å²) in [5.41, 5.74) is 0.418. The lowest BCUT2D eigenvalue weighted by Gasteiger charge is -2.18. The molecule has 1 aromatic rings. The molecule has 1 aliphatic heterocycles. The van der Waals surface area contributed by atoms with Crippen LogP contribution in [0.3, 0.4) is 0 Å². The van der Waals surface area contributed by atoms with Crippen molar-refractivity contribution in [1.29, 1.82) is 0 Å². The van der Waals surface area contributed by atoms with Crippen LogP contribution in [0, 0.1) is 0 Å². The second-order valence-corrected chi connectivity index (χ2v) is 5.33. The molecule has 1 amide bonds. The number of nitrogens with two attached hydrogens (primary N) is 1. The molecule has 0 bridgehead atoms. The Bertz CT molecular complexity index is 528. The van der Waals surface area contributed by atoms with E-state index in [9.17, 15) is 19.8 Å². The van der Waals surface area contributed by atoms with Gasteiger partial charge in [-0.05, 0) is 25.0 Å². The van der Waals surface area contributed by atoms with Gasteiger partial charge in [0.05, 0.1) is 12.4 Å². The van der Waals surface area contributed by atoms with Crippen molar-refractivity contribution in [1.82, 2.24) is 0 Å². The minimum absolute atomic E-state index is 0.0270. The van der Waals surface area contributed by atoms with Crippen LogP contribution in [0.1, 0.15) is 19.3 Å². The summed E-state index contributed by atoms with van der Waals surface area (Å²) in [6.45, 7) is 1.20. The summed E-state index contributed by atoms with van der Waals surface area (Å²) in [5, 5.41) is 24.6. The van der Waals surface area contributed by atoms with E-state index in [1.807, 2.05) is 0 Å². The smallest absolute Gasteiger partial charge is 0.230 e. The van der Waals surface area contributed by atoms with Gasteiger partial charge in [-0.25, -0.2) is 0 Å². The Morgan fingerprint density at radius 1 is 1.50 bits per heavy atom. The Kier molecular flexibility index (Phi) is 5.74. The largest absolute Gasteiger partial charge is 0.544 e. The van der Waals surface area contributed by atoms with Gasteiger partial charge in [-0.1, -0.05) is 6.07 Å². The lowest BCUT2D eigenvalue weighted by Crippen LogP contribution is -2.94. The fraction of sp³-hybridized carbons (Fsp3) is 0.467. The van der Waals surface area contributed by atoms with E-state index in [2.05, 4.69) is 5.32 Å². The number of rotatable bonds is 7. The highest BCUT2D eigenvalue weighted by molar-refractivity contribution is 5.93. The molecule has 7 heteroatoms. The molecule has 0 saturated carbocycles. The number of hydrogen-bond acceptors (Lipinski definition) is 5. The van der Waals surface area contributed by atoms with Gasteiger partial charge in [-0.15, -0.1) is 0 Å². The first-order valence-corrected chi connectivity index (χ1v) is 7.29. The molecule has 0 radical (unpaired) electrons. The maximum Gasteiger partial charge on any atom is 0.230 e. The van der Waals surface area contributed by atoms with E-state index in [-0.39, 0.29) is 18.3 Å². The Hall–Kier alpha value is -2.12. The number of hydrogen-bond donors (Lipinski definition) is 3. The van der Waals surface area contributed by atoms with E-state index < -0.39 is 17.9 Å². The number of amides is 1. The second-order valence-electron chi connectivity index (χ2n) is 5.33. The minimum Gasteiger partial charge on any atom is -0.544 e. The molecule has 1 fully saturated rings. The summed E-state index contributed by atoms with van der Waals surface area (Å²) < 4.78 is 5.42. The molecule has 0 spiro atoms. The second kappa shape index (κ2) is 7.77. The number of phenols is 1. The number of aliphatic carboxylic acids is 1. The van der Waals surface area contributed by atoms with Gasteiger partial charge in [-0.3, -0.25) is 4.79 Å². The molecular weight excluding hydrogens is 288 g/mol. The lowest BCUT2D eigenvalue weighted by molar-refractivity contribution is -0.687. The molecule has 1 heterocycles. The summed E-state index contributed by atoms with van der Waals surface area (Å²) in [7, 11) is 0. The third-order valence-electron chi connectivity index (χ3n) is 3.55. The van der Waals surface area contributed by atoms with Crippen molar-refractivity contribution >= 4 is 17.6 Å². The molecule has 0 unspecified atom stereocenters. The van der Waals surface area contributed by atoms with Crippen LogP contribution in [0.4, 0.5) is 5.69 Å². The monoisotopic (exact) mass is 308 g/mol. The number of quaternary nitrogens is 1. The van der Waals surface area contributed by atoms with Gasteiger partial charge in [0.1, 0.15) is 24.4 Å². The van der Waals surface area contributed by atoms with Gasteiger partial charge >= 0.3 is 0 Å². The van der Waals surface area contributed by atoms with Gasteiger partial charge in [0.15, 0.2) is 0 Å². The zero-order valence-corrected chi connectivity index (χ0v) is 12.2. The van der Waals surface area contributed by atoms with Crippen molar-refractivity contribution in [3.05, 3.63) is 24.3 Å². The standard InChI is InChI=1S/C15H20N2O5/c18-11-4-1-3-10(7-11)17-14(19)8-13(15(20)21)16-9-12-5-2-6-22-12/h1,3-4,7,12-13,16,18H,2,5-6,8-9H2,(H,17,19)(H,20,21)/t12-,13-/m1/s1. The molecule has 120 valence electrons. The zero-order chi connectivity index (χ0) is 15.9. The molecule has 0 aliphatic carbocycles. The Morgan fingerprint density at radius 3 is 2.95 bits per heavy atom. The van der Waals surface area contributed by atoms with E-state index >= 15 is 0 Å². The fourth-order valence-electron chi connectivity index (χ4n) is 2.40. The fourth-order valence-corrected chi connectivity index (χ4v) is 2.40. The van der Waals surface area contributed by atoms with Crippen molar-refractivity contribution in [3.63, 3.8) is 0 Å². The molecule has 0 aromatic heterocycles. The number of carbonyl (C=O) groups is 2. The Balaban J connectivity index is 1.84. The number of benzene rings is 1. The Labute approximate surface area is 128 Å². The predicted octanol–water partition coefficient (Wildman–Crippen LogP) is -1.42. The summed E-state index contributed by atoms with van der Waals surface area (Å²) in [6, 6.07) is 5.12. The van der Waals surface area contributed by atoms with Crippen LogP contribution in [0.5, 0.6) is 5.75 Å². The molecule has 1 aliphatic rings.